The van der Waals surface area contributed by atoms with Crippen LogP contribution in [0.5, 0.6) is 5.75 Å². The molecule has 0 aliphatic heterocycles. The molecule has 170 valence electrons. The van der Waals surface area contributed by atoms with Crippen LogP contribution in [-0.4, -0.2) is 12.2 Å². The normalized spacial score (nSPS) is 27.8. The summed E-state index contributed by atoms with van der Waals surface area (Å²) in [6, 6.07) is 2.01. The van der Waals surface area contributed by atoms with Gasteiger partial charge in [-0.25, -0.2) is 8.78 Å². The van der Waals surface area contributed by atoms with Gasteiger partial charge in [0, 0.05) is 6.92 Å². The molecule has 0 radical (unpaired) electrons. The second-order valence-corrected chi connectivity index (χ2v) is 9.22. The van der Waals surface area contributed by atoms with E-state index in [0.717, 1.165) is 55.6 Å². The second-order valence-electron chi connectivity index (χ2n) is 9.22. The minimum absolute atomic E-state index is 0.0636. The van der Waals surface area contributed by atoms with Gasteiger partial charge in [-0.2, -0.15) is 8.78 Å². The summed E-state index contributed by atoms with van der Waals surface area (Å²) in [7, 11) is 0. The van der Waals surface area contributed by atoms with Gasteiger partial charge in [-0.3, -0.25) is 0 Å². The number of halogens is 4. The largest absolute Gasteiger partial charge is 0.426 e. The summed E-state index contributed by atoms with van der Waals surface area (Å²) in [6.07, 6.45) is 8.76. The SMILES string of the molecule is CCCC1CCC(C2CCC(OCc3cc(F)c(OC(C)(F)F)c(F)c3)CC2)CC1. The van der Waals surface area contributed by atoms with Crippen LogP contribution in [0.2, 0.25) is 0 Å². The molecule has 2 nitrogen and oxygen atoms in total. The van der Waals surface area contributed by atoms with E-state index in [1.165, 1.54) is 38.5 Å². The van der Waals surface area contributed by atoms with Crippen LogP contribution in [0.4, 0.5) is 17.6 Å². The Balaban J connectivity index is 1.44. The van der Waals surface area contributed by atoms with E-state index in [1.54, 1.807) is 0 Å². The number of rotatable bonds is 8. The molecule has 0 bridgehead atoms. The Kier molecular flexibility index (Phi) is 8.05. The molecule has 1 aromatic rings. The zero-order valence-corrected chi connectivity index (χ0v) is 18.1. The highest BCUT2D eigenvalue weighted by molar-refractivity contribution is 5.31. The maximum absolute atomic E-state index is 14.0. The smallest absolute Gasteiger partial charge is 0.395 e. The van der Waals surface area contributed by atoms with Crippen LogP contribution in [0, 0.1) is 29.4 Å². The molecule has 2 saturated carbocycles. The summed E-state index contributed by atoms with van der Waals surface area (Å²) in [5, 5.41) is 0. The molecule has 6 heteroatoms. The van der Waals surface area contributed by atoms with Gasteiger partial charge in [0.1, 0.15) is 0 Å². The summed E-state index contributed by atoms with van der Waals surface area (Å²) >= 11 is 0. The van der Waals surface area contributed by atoms with Crippen molar-refractivity contribution in [2.24, 2.45) is 17.8 Å². The fraction of sp³-hybridized carbons (Fsp3) is 0.750. The lowest BCUT2D eigenvalue weighted by Crippen LogP contribution is -2.28. The van der Waals surface area contributed by atoms with Gasteiger partial charge in [-0.05, 0) is 74.0 Å². The highest BCUT2D eigenvalue weighted by Gasteiger charge is 2.31. The van der Waals surface area contributed by atoms with E-state index in [9.17, 15) is 17.6 Å². The fourth-order valence-electron chi connectivity index (χ4n) is 5.27. The maximum Gasteiger partial charge on any atom is 0.395 e. The molecule has 2 aliphatic rings. The lowest BCUT2D eigenvalue weighted by Gasteiger charge is -2.37. The van der Waals surface area contributed by atoms with Crippen molar-refractivity contribution in [2.45, 2.75) is 96.9 Å². The Morgan fingerprint density at radius 2 is 1.43 bits per heavy atom. The van der Waals surface area contributed by atoms with Crippen molar-refractivity contribution in [3.63, 3.8) is 0 Å². The van der Waals surface area contributed by atoms with E-state index in [0.29, 0.717) is 6.92 Å². The van der Waals surface area contributed by atoms with E-state index in [1.807, 2.05) is 0 Å². The Labute approximate surface area is 177 Å². The van der Waals surface area contributed by atoms with Gasteiger partial charge in [-0.1, -0.05) is 32.6 Å². The fourth-order valence-corrected chi connectivity index (χ4v) is 5.27. The van der Waals surface area contributed by atoms with Crippen molar-refractivity contribution in [2.75, 3.05) is 0 Å². The molecular formula is C24H34F4O2. The van der Waals surface area contributed by atoms with Crippen molar-refractivity contribution in [3.05, 3.63) is 29.3 Å². The van der Waals surface area contributed by atoms with Crippen molar-refractivity contribution in [3.8, 4) is 5.75 Å². The molecule has 0 unspecified atom stereocenters. The first-order valence-corrected chi connectivity index (χ1v) is 11.4. The molecule has 0 spiro atoms. The van der Waals surface area contributed by atoms with E-state index >= 15 is 0 Å². The molecule has 0 heterocycles. The molecule has 0 N–H and O–H groups in total. The highest BCUT2D eigenvalue weighted by atomic mass is 19.3. The first-order valence-electron chi connectivity index (χ1n) is 11.4. The van der Waals surface area contributed by atoms with E-state index in [2.05, 4.69) is 11.7 Å². The summed E-state index contributed by atoms with van der Waals surface area (Å²) < 4.78 is 63.7. The first-order chi connectivity index (χ1) is 14.2. The molecule has 0 atom stereocenters. The van der Waals surface area contributed by atoms with Crippen LogP contribution in [0.25, 0.3) is 0 Å². The average Bonchev–Trinajstić information content (AvgIpc) is 2.70. The third-order valence-corrected chi connectivity index (χ3v) is 6.80. The summed E-state index contributed by atoms with van der Waals surface area (Å²) in [6.45, 7) is 2.77. The van der Waals surface area contributed by atoms with Crippen LogP contribution < -0.4 is 4.74 Å². The van der Waals surface area contributed by atoms with Gasteiger partial charge in [-0.15, -0.1) is 0 Å². The predicted molar refractivity (Wildman–Crippen MR) is 108 cm³/mol. The minimum Gasteiger partial charge on any atom is -0.426 e. The van der Waals surface area contributed by atoms with Crippen LogP contribution in [-0.2, 0) is 11.3 Å². The van der Waals surface area contributed by atoms with E-state index in [4.69, 9.17) is 4.74 Å². The molecule has 3 rings (SSSR count). The molecule has 2 aliphatic carbocycles. The van der Waals surface area contributed by atoms with Crippen molar-refractivity contribution in [1.82, 2.24) is 0 Å². The number of ether oxygens (including phenoxy) is 2. The summed E-state index contributed by atoms with van der Waals surface area (Å²) in [5.41, 5.74) is 0.285. The minimum atomic E-state index is -3.65. The monoisotopic (exact) mass is 430 g/mol. The third kappa shape index (κ3) is 6.60. The number of alkyl halides is 2. The molecule has 30 heavy (non-hydrogen) atoms. The Morgan fingerprint density at radius 3 is 1.93 bits per heavy atom. The molecule has 2 fully saturated rings. The van der Waals surface area contributed by atoms with Crippen LogP contribution in [0.1, 0.15) is 83.6 Å². The van der Waals surface area contributed by atoms with Crippen LogP contribution >= 0.6 is 0 Å². The van der Waals surface area contributed by atoms with Gasteiger partial charge in [0.25, 0.3) is 0 Å². The molecule has 1 aromatic carbocycles. The summed E-state index contributed by atoms with van der Waals surface area (Å²) in [4.78, 5) is 0. The van der Waals surface area contributed by atoms with Crippen molar-refractivity contribution in [1.29, 1.82) is 0 Å². The zero-order valence-electron chi connectivity index (χ0n) is 18.1. The predicted octanol–water partition coefficient (Wildman–Crippen LogP) is 7.64. The number of hydrogen-bond donors (Lipinski definition) is 0. The first kappa shape index (κ1) is 23.4. The number of hydrogen-bond acceptors (Lipinski definition) is 2. The lowest BCUT2D eigenvalue weighted by atomic mass is 9.70. The van der Waals surface area contributed by atoms with Gasteiger partial charge < -0.3 is 9.47 Å². The Morgan fingerprint density at radius 1 is 0.900 bits per heavy atom. The topological polar surface area (TPSA) is 18.5 Å². The van der Waals surface area contributed by atoms with Gasteiger partial charge in [0.05, 0.1) is 12.7 Å². The third-order valence-electron chi connectivity index (χ3n) is 6.80. The molecule has 0 saturated heterocycles. The molecule has 0 amide bonds. The highest BCUT2D eigenvalue weighted by Crippen LogP contribution is 2.41. The van der Waals surface area contributed by atoms with Gasteiger partial charge in [0.15, 0.2) is 17.4 Å². The lowest BCUT2D eigenvalue weighted by molar-refractivity contribution is -0.162. The average molecular weight is 431 g/mol. The quantitative estimate of drug-likeness (QED) is 0.395. The standard InChI is InChI=1S/C24H34F4O2/c1-3-4-16-5-7-18(8-6-16)19-9-11-20(12-10-19)29-15-17-13-21(25)23(22(26)14-17)30-24(2,27)28/h13-14,16,18-20H,3-12,15H2,1-2H3. The maximum atomic E-state index is 14.0. The Hall–Kier alpha value is -1.30. The number of benzene rings is 1. The summed E-state index contributed by atoms with van der Waals surface area (Å²) in [5.74, 6) is -0.802. The van der Waals surface area contributed by atoms with Gasteiger partial charge >= 0.3 is 6.11 Å². The van der Waals surface area contributed by atoms with Crippen LogP contribution in [0.15, 0.2) is 12.1 Å². The van der Waals surface area contributed by atoms with Gasteiger partial charge in [0.2, 0.25) is 0 Å². The Bertz CT molecular complexity index is 649. The second kappa shape index (κ2) is 10.3. The molecule has 0 aromatic heterocycles. The zero-order chi connectivity index (χ0) is 21.7. The van der Waals surface area contributed by atoms with Crippen molar-refractivity contribution >= 4 is 0 Å². The van der Waals surface area contributed by atoms with Crippen LogP contribution in [0.3, 0.4) is 0 Å². The molecular weight excluding hydrogens is 396 g/mol. The van der Waals surface area contributed by atoms with E-state index in [-0.39, 0.29) is 18.3 Å². The van der Waals surface area contributed by atoms with Crippen molar-refractivity contribution < 1.29 is 27.0 Å². The van der Waals surface area contributed by atoms with E-state index < -0.39 is 23.5 Å².